The van der Waals surface area contributed by atoms with Crippen LogP contribution in [0.15, 0.2) is 36.4 Å². The Morgan fingerprint density at radius 2 is 2.16 bits per heavy atom. The van der Waals surface area contributed by atoms with Gasteiger partial charge in [-0.3, -0.25) is 0 Å². The Morgan fingerprint density at radius 3 is 2.79 bits per heavy atom. The van der Waals surface area contributed by atoms with Crippen LogP contribution in [0.3, 0.4) is 0 Å². The standard InChI is InChI=1S/C15H18ClNOS/c1-3-17-13(14-7-8-15(16)19-14)10-11-5-4-6-12(9-11)18-2/h4-9,13,17H,3,10H2,1-2H3. The van der Waals surface area contributed by atoms with Gasteiger partial charge in [0, 0.05) is 10.9 Å². The normalized spacial score (nSPS) is 12.4. The average Bonchev–Trinajstić information content (AvgIpc) is 2.85. The van der Waals surface area contributed by atoms with Gasteiger partial charge in [-0.1, -0.05) is 30.7 Å². The minimum atomic E-state index is 0.301. The zero-order valence-corrected chi connectivity index (χ0v) is 12.7. The average molecular weight is 296 g/mol. The van der Waals surface area contributed by atoms with Gasteiger partial charge in [0.15, 0.2) is 0 Å². The molecule has 2 aromatic rings. The zero-order chi connectivity index (χ0) is 13.7. The summed E-state index contributed by atoms with van der Waals surface area (Å²) in [5.41, 5.74) is 1.26. The first-order chi connectivity index (χ1) is 9.22. The minimum absolute atomic E-state index is 0.301. The fraction of sp³-hybridized carbons (Fsp3) is 0.333. The van der Waals surface area contributed by atoms with Crippen LogP contribution in [0.25, 0.3) is 0 Å². The van der Waals surface area contributed by atoms with Crippen molar-refractivity contribution >= 4 is 22.9 Å². The van der Waals surface area contributed by atoms with Gasteiger partial charge in [0.25, 0.3) is 0 Å². The summed E-state index contributed by atoms with van der Waals surface area (Å²) in [5, 5.41) is 3.51. The summed E-state index contributed by atoms with van der Waals surface area (Å²) in [7, 11) is 1.69. The summed E-state index contributed by atoms with van der Waals surface area (Å²) in [6, 6.07) is 12.6. The van der Waals surface area contributed by atoms with E-state index >= 15 is 0 Å². The summed E-state index contributed by atoms with van der Waals surface area (Å²) in [4.78, 5) is 1.27. The molecule has 0 saturated carbocycles. The van der Waals surface area contributed by atoms with Crippen LogP contribution in [0.2, 0.25) is 4.34 Å². The van der Waals surface area contributed by atoms with Crippen LogP contribution in [0, 0.1) is 0 Å². The number of ether oxygens (including phenoxy) is 1. The van der Waals surface area contributed by atoms with E-state index in [1.165, 1.54) is 10.4 Å². The third-order valence-corrected chi connectivity index (χ3v) is 4.31. The summed E-state index contributed by atoms with van der Waals surface area (Å²) in [6.45, 7) is 3.05. The van der Waals surface area contributed by atoms with Crippen LogP contribution in [-0.4, -0.2) is 13.7 Å². The number of hydrogen-bond acceptors (Lipinski definition) is 3. The molecule has 0 saturated heterocycles. The van der Waals surface area contributed by atoms with Gasteiger partial charge >= 0.3 is 0 Å². The Labute approximate surface area is 123 Å². The second-order valence-corrected chi connectivity index (χ2v) is 6.05. The Bertz CT molecular complexity index is 526. The number of halogens is 1. The highest BCUT2D eigenvalue weighted by molar-refractivity contribution is 7.16. The third-order valence-electron chi connectivity index (χ3n) is 2.96. The van der Waals surface area contributed by atoms with Crippen molar-refractivity contribution in [3.8, 4) is 5.75 Å². The lowest BCUT2D eigenvalue weighted by atomic mass is 10.0. The van der Waals surface area contributed by atoms with Gasteiger partial charge in [-0.25, -0.2) is 0 Å². The maximum Gasteiger partial charge on any atom is 0.119 e. The largest absolute Gasteiger partial charge is 0.497 e. The van der Waals surface area contributed by atoms with Gasteiger partial charge in [-0.15, -0.1) is 11.3 Å². The van der Waals surface area contributed by atoms with Crippen molar-refractivity contribution in [2.45, 2.75) is 19.4 Å². The first-order valence-corrected chi connectivity index (χ1v) is 7.54. The van der Waals surface area contributed by atoms with Gasteiger partial charge in [0.1, 0.15) is 5.75 Å². The molecule has 2 nitrogen and oxygen atoms in total. The maximum absolute atomic E-state index is 6.03. The van der Waals surface area contributed by atoms with E-state index in [0.717, 1.165) is 23.1 Å². The monoisotopic (exact) mass is 295 g/mol. The second-order valence-electron chi connectivity index (χ2n) is 4.31. The molecule has 1 unspecified atom stereocenters. The lowest BCUT2D eigenvalue weighted by molar-refractivity contribution is 0.414. The molecule has 19 heavy (non-hydrogen) atoms. The number of likely N-dealkylation sites (N-methyl/N-ethyl adjacent to an activating group) is 1. The van der Waals surface area contributed by atoms with Crippen LogP contribution in [0.1, 0.15) is 23.4 Å². The third kappa shape index (κ3) is 3.96. The van der Waals surface area contributed by atoms with Gasteiger partial charge in [0.2, 0.25) is 0 Å². The predicted molar refractivity (Wildman–Crippen MR) is 82.4 cm³/mol. The van der Waals surface area contributed by atoms with Crippen LogP contribution >= 0.6 is 22.9 Å². The fourth-order valence-electron chi connectivity index (χ4n) is 2.07. The molecule has 0 spiro atoms. The molecule has 0 bridgehead atoms. The maximum atomic E-state index is 6.03. The Morgan fingerprint density at radius 1 is 1.32 bits per heavy atom. The number of benzene rings is 1. The van der Waals surface area contributed by atoms with Crippen LogP contribution in [-0.2, 0) is 6.42 Å². The molecule has 1 aromatic heterocycles. The van der Waals surface area contributed by atoms with Gasteiger partial charge in [-0.2, -0.15) is 0 Å². The van der Waals surface area contributed by atoms with Crippen molar-refractivity contribution in [1.29, 1.82) is 0 Å². The Hall–Kier alpha value is -1.03. The molecule has 0 aliphatic carbocycles. The Kier molecular flexibility index (Phi) is 5.25. The highest BCUT2D eigenvalue weighted by Gasteiger charge is 2.13. The van der Waals surface area contributed by atoms with E-state index in [1.807, 2.05) is 18.2 Å². The molecule has 0 fully saturated rings. The molecule has 1 atom stereocenters. The van der Waals surface area contributed by atoms with Crippen molar-refractivity contribution < 1.29 is 4.74 Å². The minimum Gasteiger partial charge on any atom is -0.497 e. The topological polar surface area (TPSA) is 21.3 Å². The van der Waals surface area contributed by atoms with E-state index in [-0.39, 0.29) is 0 Å². The van der Waals surface area contributed by atoms with Gasteiger partial charge in [-0.05, 0) is 42.8 Å². The van der Waals surface area contributed by atoms with E-state index in [1.54, 1.807) is 18.4 Å². The highest BCUT2D eigenvalue weighted by Crippen LogP contribution is 2.29. The number of hydrogen-bond donors (Lipinski definition) is 1. The summed E-state index contributed by atoms with van der Waals surface area (Å²) >= 11 is 7.66. The first-order valence-electron chi connectivity index (χ1n) is 6.34. The fourth-order valence-corrected chi connectivity index (χ4v) is 3.21. The lowest BCUT2D eigenvalue weighted by Crippen LogP contribution is -2.22. The van der Waals surface area contributed by atoms with E-state index in [2.05, 4.69) is 30.4 Å². The smallest absolute Gasteiger partial charge is 0.119 e. The summed E-state index contributed by atoms with van der Waals surface area (Å²) < 4.78 is 6.10. The quantitative estimate of drug-likeness (QED) is 0.858. The van der Waals surface area contributed by atoms with Crippen LogP contribution in [0.4, 0.5) is 0 Å². The van der Waals surface area contributed by atoms with Gasteiger partial charge < -0.3 is 10.1 Å². The molecule has 1 heterocycles. The molecule has 0 aliphatic rings. The van der Waals surface area contributed by atoms with Crippen LogP contribution in [0.5, 0.6) is 5.75 Å². The molecule has 102 valence electrons. The van der Waals surface area contributed by atoms with Crippen molar-refractivity contribution in [1.82, 2.24) is 5.32 Å². The van der Waals surface area contributed by atoms with Crippen molar-refractivity contribution in [3.05, 3.63) is 51.2 Å². The molecule has 2 rings (SSSR count). The molecular formula is C15H18ClNOS. The number of thiophene rings is 1. The van der Waals surface area contributed by atoms with E-state index in [0.29, 0.717) is 6.04 Å². The SMILES string of the molecule is CCNC(Cc1cccc(OC)c1)c1ccc(Cl)s1. The van der Waals surface area contributed by atoms with Crippen molar-refractivity contribution in [2.75, 3.05) is 13.7 Å². The molecule has 1 N–H and O–H groups in total. The number of nitrogens with one attached hydrogen (secondary N) is 1. The summed E-state index contributed by atoms with van der Waals surface area (Å²) in [6.07, 6.45) is 0.932. The molecule has 4 heteroatoms. The zero-order valence-electron chi connectivity index (χ0n) is 11.2. The lowest BCUT2D eigenvalue weighted by Gasteiger charge is -2.16. The predicted octanol–water partition coefficient (Wildman–Crippen LogP) is 4.30. The van der Waals surface area contributed by atoms with Crippen molar-refractivity contribution in [2.24, 2.45) is 0 Å². The second kappa shape index (κ2) is 6.94. The molecule has 1 aromatic carbocycles. The number of rotatable bonds is 6. The molecular weight excluding hydrogens is 278 g/mol. The summed E-state index contributed by atoms with van der Waals surface area (Å²) in [5.74, 6) is 0.900. The number of methoxy groups -OCH3 is 1. The van der Waals surface area contributed by atoms with Crippen LogP contribution < -0.4 is 10.1 Å². The Balaban J connectivity index is 2.16. The first kappa shape index (κ1) is 14.4. The van der Waals surface area contributed by atoms with E-state index in [9.17, 15) is 0 Å². The molecule has 0 amide bonds. The van der Waals surface area contributed by atoms with E-state index in [4.69, 9.17) is 16.3 Å². The van der Waals surface area contributed by atoms with Crippen molar-refractivity contribution in [3.63, 3.8) is 0 Å². The molecule has 0 radical (unpaired) electrons. The van der Waals surface area contributed by atoms with E-state index < -0.39 is 0 Å². The van der Waals surface area contributed by atoms with Gasteiger partial charge in [0.05, 0.1) is 11.4 Å². The highest BCUT2D eigenvalue weighted by atomic mass is 35.5. The molecule has 0 aliphatic heterocycles.